The lowest BCUT2D eigenvalue weighted by Gasteiger charge is -2.10. The van der Waals surface area contributed by atoms with E-state index in [1.165, 1.54) is 0 Å². The van der Waals surface area contributed by atoms with E-state index in [-0.39, 0.29) is 5.95 Å². The van der Waals surface area contributed by atoms with Crippen LogP contribution < -0.4 is 5.32 Å². The summed E-state index contributed by atoms with van der Waals surface area (Å²) in [6.45, 7) is 2.19. The van der Waals surface area contributed by atoms with Gasteiger partial charge in [-0.3, -0.25) is 0 Å². The summed E-state index contributed by atoms with van der Waals surface area (Å²) in [6.07, 6.45) is -2.94. The summed E-state index contributed by atoms with van der Waals surface area (Å²) >= 11 is 5.55. The first-order valence-electron chi connectivity index (χ1n) is 7.33. The normalized spacial score (nSPS) is 12.1. The average Bonchev–Trinajstić information content (AvgIpc) is 2.53. The monoisotopic (exact) mass is 392 g/mol. The summed E-state index contributed by atoms with van der Waals surface area (Å²) in [5.74, 6) is -0.0369. The number of aryl methyl sites for hydroxylation is 1. The number of rotatable bonds is 7. The SMILES string of the molecule is CCO[P+](=O)CCc1ccc(Nc2ncc(C(F)(F)F)c(Cl)n2)cc1. The van der Waals surface area contributed by atoms with Crippen molar-refractivity contribution in [3.63, 3.8) is 0 Å². The van der Waals surface area contributed by atoms with Crippen molar-refractivity contribution >= 4 is 31.3 Å². The van der Waals surface area contributed by atoms with E-state index in [1.807, 2.05) is 12.1 Å². The molecular weight excluding hydrogens is 378 g/mol. The molecule has 0 saturated carbocycles. The van der Waals surface area contributed by atoms with Crippen molar-refractivity contribution < 1.29 is 22.3 Å². The van der Waals surface area contributed by atoms with E-state index < -0.39 is 24.9 Å². The lowest BCUT2D eigenvalue weighted by molar-refractivity contribution is -0.137. The Morgan fingerprint density at radius 2 is 1.96 bits per heavy atom. The van der Waals surface area contributed by atoms with Crippen molar-refractivity contribution in [2.75, 3.05) is 18.1 Å². The number of halogens is 4. The Bertz CT molecular complexity index is 742. The van der Waals surface area contributed by atoms with Crippen LogP contribution in [-0.4, -0.2) is 22.7 Å². The van der Waals surface area contributed by atoms with E-state index in [1.54, 1.807) is 19.1 Å². The van der Waals surface area contributed by atoms with E-state index in [0.717, 1.165) is 5.56 Å². The smallest absolute Gasteiger partial charge is 0.324 e. The Hall–Kier alpha value is -1.76. The molecule has 0 aliphatic rings. The third-order valence-electron chi connectivity index (χ3n) is 3.11. The number of alkyl halides is 3. The molecule has 0 radical (unpaired) electrons. The standard InChI is InChI=1S/C15H15ClF3N3O2P/c1-2-24-25(23)8-7-10-3-5-11(6-4-10)21-14-20-9-12(13(16)22-14)15(17,18)19/h3-6,9H,2,7-8H2,1H3,(H,20,21,22)/q+1. The predicted molar refractivity (Wildman–Crippen MR) is 89.6 cm³/mol. The zero-order valence-electron chi connectivity index (χ0n) is 13.2. The van der Waals surface area contributed by atoms with E-state index in [9.17, 15) is 17.7 Å². The largest absolute Gasteiger partial charge is 0.508 e. The van der Waals surface area contributed by atoms with Crippen LogP contribution in [-0.2, 0) is 21.7 Å². The molecule has 0 spiro atoms. The zero-order valence-corrected chi connectivity index (χ0v) is 14.8. The molecule has 5 nitrogen and oxygen atoms in total. The zero-order chi connectivity index (χ0) is 18.4. The van der Waals surface area contributed by atoms with Gasteiger partial charge in [0.1, 0.15) is 10.7 Å². The van der Waals surface area contributed by atoms with Gasteiger partial charge in [-0.05, 0) is 29.2 Å². The average molecular weight is 393 g/mol. The van der Waals surface area contributed by atoms with Gasteiger partial charge in [-0.15, -0.1) is 4.52 Å². The second-order valence-electron chi connectivity index (χ2n) is 4.94. The minimum absolute atomic E-state index is 0.0369. The number of hydrogen-bond donors (Lipinski definition) is 1. The molecule has 1 atom stereocenters. The molecular formula is C15H15ClF3N3O2P+. The highest BCUT2D eigenvalue weighted by Gasteiger charge is 2.34. The summed E-state index contributed by atoms with van der Waals surface area (Å²) in [5.41, 5.74) is 0.465. The fourth-order valence-electron chi connectivity index (χ4n) is 1.92. The van der Waals surface area contributed by atoms with Gasteiger partial charge in [0, 0.05) is 18.3 Å². The van der Waals surface area contributed by atoms with E-state index in [2.05, 4.69) is 15.3 Å². The Morgan fingerprint density at radius 3 is 2.52 bits per heavy atom. The van der Waals surface area contributed by atoms with Crippen molar-refractivity contribution in [2.24, 2.45) is 0 Å². The van der Waals surface area contributed by atoms with Gasteiger partial charge >= 0.3 is 14.2 Å². The van der Waals surface area contributed by atoms with Crippen LogP contribution in [0.15, 0.2) is 30.5 Å². The topological polar surface area (TPSA) is 64.1 Å². The van der Waals surface area contributed by atoms with Gasteiger partial charge < -0.3 is 5.32 Å². The molecule has 0 aliphatic carbocycles. The molecule has 0 fully saturated rings. The number of benzene rings is 1. The Labute approximate surface area is 148 Å². The Balaban J connectivity index is 1.99. The molecule has 0 amide bonds. The quantitative estimate of drug-likeness (QED) is 0.517. The number of nitrogens with one attached hydrogen (secondary N) is 1. The van der Waals surface area contributed by atoms with Crippen molar-refractivity contribution in [3.8, 4) is 0 Å². The van der Waals surface area contributed by atoms with E-state index >= 15 is 0 Å². The number of nitrogens with zero attached hydrogens (tertiary/aromatic N) is 2. The predicted octanol–water partition coefficient (Wildman–Crippen LogP) is 5.21. The van der Waals surface area contributed by atoms with Gasteiger partial charge in [-0.1, -0.05) is 23.7 Å². The number of hydrogen-bond acceptors (Lipinski definition) is 5. The molecule has 1 heterocycles. The first kappa shape index (κ1) is 19.6. The first-order valence-corrected chi connectivity index (χ1v) is 9.07. The van der Waals surface area contributed by atoms with Crippen LogP contribution >= 0.6 is 19.6 Å². The molecule has 2 aromatic rings. The van der Waals surface area contributed by atoms with Crippen molar-refractivity contribution in [2.45, 2.75) is 19.5 Å². The third-order valence-corrected chi connectivity index (χ3v) is 4.54. The molecule has 1 aromatic carbocycles. The first-order chi connectivity index (χ1) is 11.8. The third kappa shape index (κ3) is 5.92. The van der Waals surface area contributed by atoms with E-state index in [0.29, 0.717) is 31.1 Å². The highest BCUT2D eigenvalue weighted by atomic mass is 35.5. The van der Waals surface area contributed by atoms with Crippen LogP contribution in [0.1, 0.15) is 18.1 Å². The van der Waals surface area contributed by atoms with Crippen LogP contribution in [0.5, 0.6) is 0 Å². The van der Waals surface area contributed by atoms with Crippen molar-refractivity contribution in [1.82, 2.24) is 9.97 Å². The molecule has 25 heavy (non-hydrogen) atoms. The fraction of sp³-hybridized carbons (Fsp3) is 0.333. The second kappa shape index (κ2) is 8.56. The molecule has 0 aliphatic heterocycles. The van der Waals surface area contributed by atoms with Gasteiger partial charge in [0.15, 0.2) is 6.16 Å². The van der Waals surface area contributed by atoms with E-state index in [4.69, 9.17) is 16.1 Å². The van der Waals surface area contributed by atoms with Crippen LogP contribution in [0.4, 0.5) is 24.8 Å². The fourth-order valence-corrected chi connectivity index (χ4v) is 3.02. The summed E-state index contributed by atoms with van der Waals surface area (Å²) in [6, 6.07) is 7.06. The molecule has 1 N–H and O–H groups in total. The maximum absolute atomic E-state index is 12.6. The van der Waals surface area contributed by atoms with Crippen LogP contribution in [0, 0.1) is 0 Å². The van der Waals surface area contributed by atoms with Gasteiger partial charge in [0.2, 0.25) is 5.95 Å². The van der Waals surface area contributed by atoms with Crippen LogP contribution in [0.2, 0.25) is 5.15 Å². The number of aromatic nitrogens is 2. The summed E-state index contributed by atoms with van der Waals surface area (Å²) in [4.78, 5) is 7.23. The summed E-state index contributed by atoms with van der Waals surface area (Å²) in [5, 5.41) is 2.11. The lowest BCUT2D eigenvalue weighted by Crippen LogP contribution is -2.09. The maximum Gasteiger partial charge on any atom is 0.508 e. The highest BCUT2D eigenvalue weighted by Crippen LogP contribution is 2.33. The molecule has 0 bridgehead atoms. The highest BCUT2D eigenvalue weighted by molar-refractivity contribution is 7.39. The number of anilines is 2. The lowest BCUT2D eigenvalue weighted by atomic mass is 10.1. The Morgan fingerprint density at radius 1 is 1.28 bits per heavy atom. The minimum Gasteiger partial charge on any atom is -0.324 e. The molecule has 1 unspecified atom stereocenters. The van der Waals surface area contributed by atoms with Crippen LogP contribution in [0.25, 0.3) is 0 Å². The van der Waals surface area contributed by atoms with Crippen LogP contribution in [0.3, 0.4) is 0 Å². The minimum atomic E-state index is -4.60. The van der Waals surface area contributed by atoms with Crippen molar-refractivity contribution in [3.05, 3.63) is 46.7 Å². The summed E-state index contributed by atoms with van der Waals surface area (Å²) in [7, 11) is -1.66. The van der Waals surface area contributed by atoms with Gasteiger partial charge in [0.05, 0.1) is 6.61 Å². The Kier molecular flexibility index (Phi) is 6.70. The second-order valence-corrected chi connectivity index (χ2v) is 6.67. The molecule has 0 saturated heterocycles. The van der Waals surface area contributed by atoms with Gasteiger partial charge in [-0.2, -0.15) is 13.2 Å². The molecule has 1 aromatic heterocycles. The molecule has 2 rings (SSSR count). The molecule has 134 valence electrons. The molecule has 10 heteroatoms. The van der Waals surface area contributed by atoms with Crippen molar-refractivity contribution in [1.29, 1.82) is 0 Å². The summed E-state index contributed by atoms with van der Waals surface area (Å²) < 4.78 is 54.3. The maximum atomic E-state index is 12.6. The van der Waals surface area contributed by atoms with Gasteiger partial charge in [-0.25, -0.2) is 9.97 Å². The van der Waals surface area contributed by atoms with Gasteiger partial charge in [0.25, 0.3) is 0 Å².